The number of pyridine rings is 1. The predicted molar refractivity (Wildman–Crippen MR) is 128 cm³/mol. The lowest BCUT2D eigenvalue weighted by atomic mass is 9.77. The highest BCUT2D eigenvalue weighted by Gasteiger charge is 2.41. The normalized spacial score (nSPS) is 26.0. The Kier molecular flexibility index (Phi) is 6.77. The summed E-state index contributed by atoms with van der Waals surface area (Å²) in [5, 5.41) is 12.2. The first-order valence-corrected chi connectivity index (χ1v) is 12.2. The van der Waals surface area contributed by atoms with E-state index in [1.165, 1.54) is 6.20 Å². The number of amides is 2. The standard InChI is InChI=1S/C26H30N6O3/c1-16-12-17(14-27)15-28-23(16)25(33)29-20-6-7-22-21(13-20)24(31-30-22)18-2-4-19(5-3-18)26(34)32-8-10-35-11-9-32/h2-5,12,15,20-22,24,30-31H,6-11,13H2,1H3,(H,29,33). The Bertz CT molecular complexity index is 1140. The van der Waals surface area contributed by atoms with E-state index in [2.05, 4.69) is 27.2 Å². The first kappa shape index (κ1) is 23.4. The van der Waals surface area contributed by atoms with E-state index < -0.39 is 0 Å². The maximum absolute atomic E-state index is 12.9. The topological polar surface area (TPSA) is 119 Å². The molecular weight excluding hydrogens is 444 g/mol. The molecule has 0 bridgehead atoms. The minimum atomic E-state index is -0.197. The van der Waals surface area contributed by atoms with E-state index in [0.29, 0.717) is 60.6 Å². The molecule has 1 aliphatic carbocycles. The molecule has 3 heterocycles. The van der Waals surface area contributed by atoms with Crippen molar-refractivity contribution in [3.8, 4) is 6.07 Å². The van der Waals surface area contributed by atoms with Crippen molar-refractivity contribution in [3.63, 3.8) is 0 Å². The zero-order valence-electron chi connectivity index (χ0n) is 19.8. The van der Waals surface area contributed by atoms with Crippen LogP contribution in [0.1, 0.15) is 62.8 Å². The van der Waals surface area contributed by atoms with Crippen LogP contribution in [0.4, 0.5) is 0 Å². The molecular formula is C26H30N6O3. The average Bonchev–Trinajstić information content (AvgIpc) is 3.32. The summed E-state index contributed by atoms with van der Waals surface area (Å²) in [5.41, 5.74) is 10.2. The van der Waals surface area contributed by atoms with Crippen LogP contribution < -0.4 is 16.2 Å². The van der Waals surface area contributed by atoms with Gasteiger partial charge in [0.2, 0.25) is 0 Å². The van der Waals surface area contributed by atoms with Crippen molar-refractivity contribution in [1.29, 1.82) is 5.26 Å². The van der Waals surface area contributed by atoms with Crippen LogP contribution in [0.2, 0.25) is 0 Å². The van der Waals surface area contributed by atoms with Gasteiger partial charge in [0.1, 0.15) is 11.8 Å². The van der Waals surface area contributed by atoms with Gasteiger partial charge in [0, 0.05) is 36.9 Å². The van der Waals surface area contributed by atoms with Gasteiger partial charge in [0.25, 0.3) is 11.8 Å². The lowest BCUT2D eigenvalue weighted by molar-refractivity contribution is 0.0303. The Morgan fingerprint density at radius 2 is 1.94 bits per heavy atom. The number of carbonyl (C=O) groups excluding carboxylic acids is 2. The minimum absolute atomic E-state index is 0.0439. The van der Waals surface area contributed by atoms with Gasteiger partial charge in [-0.3, -0.25) is 15.0 Å². The van der Waals surface area contributed by atoms with Crippen molar-refractivity contribution < 1.29 is 14.3 Å². The number of benzene rings is 1. The molecule has 35 heavy (non-hydrogen) atoms. The van der Waals surface area contributed by atoms with Gasteiger partial charge in [0.15, 0.2) is 0 Å². The number of hydrazine groups is 1. The van der Waals surface area contributed by atoms with E-state index in [-0.39, 0.29) is 23.9 Å². The molecule has 4 atom stereocenters. The first-order valence-electron chi connectivity index (χ1n) is 12.2. The maximum atomic E-state index is 12.9. The molecule has 3 fully saturated rings. The summed E-state index contributed by atoms with van der Waals surface area (Å²) in [6, 6.07) is 12.1. The number of nitrogens with zero attached hydrogens (tertiary/aromatic N) is 3. The SMILES string of the molecule is Cc1cc(C#N)cnc1C(=O)NC1CCC2NNC(c3ccc(C(=O)N4CCOCC4)cc3)C2C1. The van der Waals surface area contributed by atoms with Crippen LogP contribution in [0.15, 0.2) is 36.5 Å². The molecule has 182 valence electrons. The number of morpholine rings is 1. The van der Waals surface area contributed by atoms with Crippen LogP contribution in [0.25, 0.3) is 0 Å². The Balaban J connectivity index is 1.24. The van der Waals surface area contributed by atoms with E-state index in [0.717, 1.165) is 24.8 Å². The van der Waals surface area contributed by atoms with E-state index >= 15 is 0 Å². The molecule has 1 aromatic heterocycles. The minimum Gasteiger partial charge on any atom is -0.378 e. The van der Waals surface area contributed by atoms with Crippen molar-refractivity contribution in [3.05, 3.63) is 64.5 Å². The van der Waals surface area contributed by atoms with Gasteiger partial charge in [-0.15, -0.1) is 0 Å². The molecule has 3 N–H and O–H groups in total. The van der Waals surface area contributed by atoms with E-state index in [1.807, 2.05) is 29.2 Å². The van der Waals surface area contributed by atoms with E-state index in [9.17, 15) is 9.59 Å². The van der Waals surface area contributed by atoms with Gasteiger partial charge in [-0.1, -0.05) is 12.1 Å². The van der Waals surface area contributed by atoms with Crippen molar-refractivity contribution in [2.45, 2.75) is 44.3 Å². The predicted octanol–water partition coefficient (Wildman–Crippen LogP) is 1.85. The number of nitrogens with one attached hydrogen (secondary N) is 3. The molecule has 9 nitrogen and oxygen atoms in total. The number of fused-ring (bicyclic) bond motifs is 1. The van der Waals surface area contributed by atoms with Crippen molar-refractivity contribution in [1.82, 2.24) is 26.1 Å². The number of hydrogen-bond acceptors (Lipinski definition) is 7. The molecule has 2 amide bonds. The van der Waals surface area contributed by atoms with Gasteiger partial charge in [-0.05, 0) is 61.4 Å². The van der Waals surface area contributed by atoms with Gasteiger partial charge in [0.05, 0.1) is 24.8 Å². The first-order chi connectivity index (χ1) is 17.0. The molecule has 2 aromatic rings. The molecule has 5 rings (SSSR count). The summed E-state index contributed by atoms with van der Waals surface area (Å²) in [7, 11) is 0. The Labute approximate surface area is 204 Å². The second-order valence-corrected chi connectivity index (χ2v) is 9.55. The Morgan fingerprint density at radius 3 is 2.66 bits per heavy atom. The highest BCUT2D eigenvalue weighted by atomic mass is 16.5. The number of aromatic nitrogens is 1. The van der Waals surface area contributed by atoms with Crippen LogP contribution in [0, 0.1) is 24.2 Å². The van der Waals surface area contributed by atoms with Crippen LogP contribution in [0.5, 0.6) is 0 Å². The third-order valence-corrected chi connectivity index (χ3v) is 7.32. The highest BCUT2D eigenvalue weighted by molar-refractivity contribution is 5.94. The Hall–Kier alpha value is -3.32. The fourth-order valence-corrected chi connectivity index (χ4v) is 5.43. The summed E-state index contributed by atoms with van der Waals surface area (Å²) in [6.45, 7) is 4.23. The van der Waals surface area contributed by atoms with Crippen LogP contribution in [0.3, 0.4) is 0 Å². The summed E-state index contributed by atoms with van der Waals surface area (Å²) in [4.78, 5) is 31.7. The lowest BCUT2D eigenvalue weighted by Crippen LogP contribution is -2.44. The molecule has 0 radical (unpaired) electrons. The van der Waals surface area contributed by atoms with E-state index in [4.69, 9.17) is 10.00 Å². The summed E-state index contributed by atoms with van der Waals surface area (Å²) < 4.78 is 5.35. The number of hydrogen-bond donors (Lipinski definition) is 3. The Morgan fingerprint density at radius 1 is 1.17 bits per heavy atom. The number of rotatable bonds is 4. The third-order valence-electron chi connectivity index (χ3n) is 7.32. The summed E-state index contributed by atoms with van der Waals surface area (Å²) in [6.07, 6.45) is 4.11. The zero-order valence-corrected chi connectivity index (χ0v) is 19.8. The van der Waals surface area contributed by atoms with Crippen LogP contribution in [-0.4, -0.2) is 60.1 Å². The molecule has 1 aromatic carbocycles. The third kappa shape index (κ3) is 4.91. The quantitative estimate of drug-likeness (QED) is 0.619. The van der Waals surface area contributed by atoms with Crippen molar-refractivity contribution in [2.75, 3.05) is 26.3 Å². The summed E-state index contributed by atoms with van der Waals surface area (Å²) >= 11 is 0. The van der Waals surface area contributed by atoms with E-state index in [1.54, 1.807) is 13.0 Å². The van der Waals surface area contributed by atoms with Crippen molar-refractivity contribution >= 4 is 11.8 Å². The number of carbonyl (C=O) groups is 2. The molecule has 4 unspecified atom stereocenters. The monoisotopic (exact) mass is 474 g/mol. The lowest BCUT2D eigenvalue weighted by Gasteiger charge is -2.33. The highest BCUT2D eigenvalue weighted by Crippen LogP contribution is 2.38. The smallest absolute Gasteiger partial charge is 0.270 e. The second kappa shape index (κ2) is 10.1. The van der Waals surface area contributed by atoms with Crippen LogP contribution in [-0.2, 0) is 4.74 Å². The molecule has 9 heteroatoms. The van der Waals surface area contributed by atoms with Gasteiger partial charge < -0.3 is 15.0 Å². The molecule has 2 aliphatic heterocycles. The molecule has 0 spiro atoms. The molecule has 2 saturated heterocycles. The number of nitriles is 1. The van der Waals surface area contributed by atoms with Gasteiger partial charge >= 0.3 is 0 Å². The zero-order chi connectivity index (χ0) is 24.4. The van der Waals surface area contributed by atoms with Gasteiger partial charge in [-0.25, -0.2) is 10.4 Å². The second-order valence-electron chi connectivity index (χ2n) is 9.55. The number of ether oxygens (including phenoxy) is 1. The average molecular weight is 475 g/mol. The number of aryl methyl sites for hydroxylation is 1. The van der Waals surface area contributed by atoms with Crippen molar-refractivity contribution in [2.24, 2.45) is 5.92 Å². The van der Waals surface area contributed by atoms with Crippen LogP contribution >= 0.6 is 0 Å². The summed E-state index contributed by atoms with van der Waals surface area (Å²) in [5.74, 6) is 0.157. The molecule has 1 saturated carbocycles. The maximum Gasteiger partial charge on any atom is 0.270 e. The fourth-order valence-electron chi connectivity index (χ4n) is 5.43. The fraction of sp³-hybridized carbons (Fsp3) is 0.462. The largest absolute Gasteiger partial charge is 0.378 e. The van der Waals surface area contributed by atoms with Gasteiger partial charge in [-0.2, -0.15) is 5.26 Å². The molecule has 3 aliphatic rings.